The first-order chi connectivity index (χ1) is 9.47. The first-order valence-corrected chi connectivity index (χ1v) is 6.70. The van der Waals surface area contributed by atoms with Crippen molar-refractivity contribution in [2.45, 2.75) is 32.6 Å². The summed E-state index contributed by atoms with van der Waals surface area (Å²) in [6.45, 7) is 2.31. The molecule has 0 bridgehead atoms. The number of amides is 1. The number of rotatable bonds is 8. The minimum Gasteiger partial charge on any atom is -0.481 e. The highest BCUT2D eigenvalue weighted by Gasteiger charge is 2.10. The lowest BCUT2D eigenvalue weighted by Gasteiger charge is -2.11. The highest BCUT2D eigenvalue weighted by atomic mass is 19.1. The van der Waals surface area contributed by atoms with Crippen molar-refractivity contribution in [3.63, 3.8) is 0 Å². The summed E-state index contributed by atoms with van der Waals surface area (Å²) in [6.07, 6.45) is 1.47. The second-order valence-corrected chi connectivity index (χ2v) is 4.99. The molecule has 5 heteroatoms. The SMILES string of the molecule is CC(CC(=O)NCCCC(=O)O)Cc1cccc(F)c1. The monoisotopic (exact) mass is 281 g/mol. The highest BCUT2D eigenvalue weighted by molar-refractivity contribution is 5.76. The number of hydrogen-bond donors (Lipinski definition) is 2. The van der Waals surface area contributed by atoms with Gasteiger partial charge < -0.3 is 10.4 Å². The molecule has 0 heterocycles. The van der Waals surface area contributed by atoms with Crippen LogP contribution in [0.15, 0.2) is 24.3 Å². The van der Waals surface area contributed by atoms with Gasteiger partial charge in [0.05, 0.1) is 0 Å². The number of carbonyl (C=O) groups is 2. The van der Waals surface area contributed by atoms with Gasteiger partial charge in [0.25, 0.3) is 0 Å². The van der Waals surface area contributed by atoms with Crippen LogP contribution in [-0.4, -0.2) is 23.5 Å². The van der Waals surface area contributed by atoms with Crippen molar-refractivity contribution in [2.24, 2.45) is 5.92 Å². The number of carboxylic acid groups (broad SMARTS) is 1. The summed E-state index contributed by atoms with van der Waals surface area (Å²) in [5.74, 6) is -1.12. The van der Waals surface area contributed by atoms with E-state index in [1.807, 2.05) is 13.0 Å². The van der Waals surface area contributed by atoms with Crippen LogP contribution >= 0.6 is 0 Å². The second kappa shape index (κ2) is 8.30. The highest BCUT2D eigenvalue weighted by Crippen LogP contribution is 2.13. The fourth-order valence-corrected chi connectivity index (χ4v) is 1.99. The fourth-order valence-electron chi connectivity index (χ4n) is 1.99. The summed E-state index contributed by atoms with van der Waals surface area (Å²) in [5.41, 5.74) is 0.871. The molecule has 0 fully saturated rings. The molecule has 1 rings (SSSR count). The van der Waals surface area contributed by atoms with Gasteiger partial charge in [0.1, 0.15) is 5.82 Å². The normalized spacial score (nSPS) is 11.9. The number of hydrogen-bond acceptors (Lipinski definition) is 2. The van der Waals surface area contributed by atoms with E-state index < -0.39 is 5.97 Å². The van der Waals surface area contributed by atoms with E-state index in [4.69, 9.17) is 5.11 Å². The molecule has 1 atom stereocenters. The molecule has 0 aromatic heterocycles. The smallest absolute Gasteiger partial charge is 0.303 e. The van der Waals surface area contributed by atoms with Crippen LogP contribution in [0, 0.1) is 11.7 Å². The van der Waals surface area contributed by atoms with Gasteiger partial charge in [-0.05, 0) is 36.5 Å². The van der Waals surface area contributed by atoms with E-state index in [1.54, 1.807) is 6.07 Å². The van der Waals surface area contributed by atoms with E-state index in [2.05, 4.69) is 5.32 Å². The van der Waals surface area contributed by atoms with Crippen LogP contribution in [0.25, 0.3) is 0 Å². The average Bonchev–Trinajstić information content (AvgIpc) is 2.34. The van der Waals surface area contributed by atoms with Gasteiger partial charge >= 0.3 is 5.97 Å². The molecule has 1 aromatic carbocycles. The van der Waals surface area contributed by atoms with Crippen LogP contribution in [0.5, 0.6) is 0 Å². The molecule has 0 aliphatic heterocycles. The lowest BCUT2D eigenvalue weighted by molar-refractivity contribution is -0.137. The molecular weight excluding hydrogens is 261 g/mol. The van der Waals surface area contributed by atoms with Crippen molar-refractivity contribution in [3.05, 3.63) is 35.6 Å². The Kier molecular flexibility index (Phi) is 6.70. The van der Waals surface area contributed by atoms with Crippen LogP contribution in [0.2, 0.25) is 0 Å². The van der Waals surface area contributed by atoms with Gasteiger partial charge in [0.2, 0.25) is 5.91 Å². The molecule has 1 aromatic rings. The number of carbonyl (C=O) groups excluding carboxylic acids is 1. The van der Waals surface area contributed by atoms with Crippen LogP contribution in [-0.2, 0) is 16.0 Å². The van der Waals surface area contributed by atoms with Crippen molar-refractivity contribution in [3.8, 4) is 0 Å². The molecule has 1 unspecified atom stereocenters. The lowest BCUT2D eigenvalue weighted by Crippen LogP contribution is -2.26. The van der Waals surface area contributed by atoms with E-state index in [-0.39, 0.29) is 24.1 Å². The maximum absolute atomic E-state index is 13.0. The summed E-state index contributed by atoms with van der Waals surface area (Å²) < 4.78 is 13.0. The Morgan fingerprint density at radius 2 is 2.15 bits per heavy atom. The summed E-state index contributed by atoms with van der Waals surface area (Å²) >= 11 is 0. The van der Waals surface area contributed by atoms with Crippen molar-refractivity contribution >= 4 is 11.9 Å². The van der Waals surface area contributed by atoms with Gasteiger partial charge in [-0.2, -0.15) is 0 Å². The van der Waals surface area contributed by atoms with Crippen molar-refractivity contribution in [2.75, 3.05) is 6.54 Å². The molecule has 0 spiro atoms. The number of carboxylic acids is 1. The molecular formula is C15H20FNO3. The molecule has 20 heavy (non-hydrogen) atoms. The Morgan fingerprint density at radius 3 is 2.80 bits per heavy atom. The predicted octanol–water partition coefficient (Wildman–Crippen LogP) is 2.38. The lowest BCUT2D eigenvalue weighted by atomic mass is 9.98. The minimum absolute atomic E-state index is 0.0547. The van der Waals surface area contributed by atoms with E-state index in [9.17, 15) is 14.0 Å². The van der Waals surface area contributed by atoms with Gasteiger partial charge in [0.15, 0.2) is 0 Å². The largest absolute Gasteiger partial charge is 0.481 e. The third-order valence-corrected chi connectivity index (χ3v) is 2.90. The molecule has 1 amide bonds. The van der Waals surface area contributed by atoms with Gasteiger partial charge in [-0.1, -0.05) is 19.1 Å². The fraction of sp³-hybridized carbons (Fsp3) is 0.467. The Hall–Kier alpha value is -1.91. The summed E-state index contributed by atoms with van der Waals surface area (Å²) in [5, 5.41) is 11.2. The van der Waals surface area contributed by atoms with Crippen molar-refractivity contribution in [1.29, 1.82) is 0 Å². The van der Waals surface area contributed by atoms with E-state index in [1.165, 1.54) is 12.1 Å². The summed E-state index contributed by atoms with van der Waals surface area (Å²) in [7, 11) is 0. The molecule has 0 saturated carbocycles. The Balaban J connectivity index is 2.26. The first-order valence-electron chi connectivity index (χ1n) is 6.70. The maximum Gasteiger partial charge on any atom is 0.303 e. The Labute approximate surface area is 118 Å². The van der Waals surface area contributed by atoms with Gasteiger partial charge in [-0.15, -0.1) is 0 Å². The van der Waals surface area contributed by atoms with E-state index in [0.29, 0.717) is 25.8 Å². The maximum atomic E-state index is 13.0. The minimum atomic E-state index is -0.862. The molecule has 0 saturated heterocycles. The summed E-state index contributed by atoms with van der Waals surface area (Å²) in [6, 6.07) is 6.36. The van der Waals surface area contributed by atoms with Crippen LogP contribution in [0.4, 0.5) is 4.39 Å². The van der Waals surface area contributed by atoms with Gasteiger partial charge in [0, 0.05) is 19.4 Å². The first kappa shape index (κ1) is 16.1. The van der Waals surface area contributed by atoms with Gasteiger partial charge in [-0.3, -0.25) is 9.59 Å². The summed E-state index contributed by atoms with van der Waals surface area (Å²) in [4.78, 5) is 21.9. The van der Waals surface area contributed by atoms with E-state index in [0.717, 1.165) is 5.56 Å². The zero-order valence-corrected chi connectivity index (χ0v) is 11.6. The van der Waals surface area contributed by atoms with Crippen LogP contribution < -0.4 is 5.32 Å². The molecule has 0 radical (unpaired) electrons. The zero-order valence-electron chi connectivity index (χ0n) is 11.6. The third-order valence-electron chi connectivity index (χ3n) is 2.90. The standard InChI is InChI=1S/C15H20FNO3/c1-11(8-12-4-2-5-13(16)10-12)9-14(18)17-7-3-6-15(19)20/h2,4-5,10-11H,3,6-9H2,1H3,(H,17,18)(H,19,20). The van der Waals surface area contributed by atoms with Crippen LogP contribution in [0.3, 0.4) is 0 Å². The molecule has 4 nitrogen and oxygen atoms in total. The van der Waals surface area contributed by atoms with Crippen molar-refractivity contribution < 1.29 is 19.1 Å². The number of halogens is 1. The predicted molar refractivity (Wildman–Crippen MR) is 73.8 cm³/mol. The topological polar surface area (TPSA) is 66.4 Å². The Morgan fingerprint density at radius 1 is 1.40 bits per heavy atom. The quantitative estimate of drug-likeness (QED) is 0.719. The zero-order chi connectivity index (χ0) is 15.0. The van der Waals surface area contributed by atoms with Crippen molar-refractivity contribution in [1.82, 2.24) is 5.32 Å². The van der Waals surface area contributed by atoms with E-state index >= 15 is 0 Å². The number of benzene rings is 1. The van der Waals surface area contributed by atoms with Crippen LogP contribution in [0.1, 0.15) is 31.7 Å². The molecule has 0 aliphatic carbocycles. The third kappa shape index (κ3) is 6.87. The Bertz CT molecular complexity index is 462. The number of aliphatic carboxylic acids is 1. The molecule has 2 N–H and O–H groups in total. The second-order valence-electron chi connectivity index (χ2n) is 4.99. The number of nitrogens with one attached hydrogen (secondary N) is 1. The molecule has 0 aliphatic rings. The molecule has 110 valence electrons. The average molecular weight is 281 g/mol. The van der Waals surface area contributed by atoms with Gasteiger partial charge in [-0.25, -0.2) is 4.39 Å².